The van der Waals surface area contributed by atoms with E-state index >= 15 is 0 Å². The first-order valence-electron chi connectivity index (χ1n) is 9.19. The van der Waals surface area contributed by atoms with Crippen LogP contribution in [-0.4, -0.2) is 44.2 Å². The van der Waals surface area contributed by atoms with Gasteiger partial charge in [-0.05, 0) is 62.4 Å². The summed E-state index contributed by atoms with van der Waals surface area (Å²) in [5.41, 5.74) is 1.55. The number of hydrogen-bond donors (Lipinski definition) is 2. The van der Waals surface area contributed by atoms with Gasteiger partial charge in [0.2, 0.25) is 0 Å². The highest BCUT2D eigenvalue weighted by atomic mass is 16.6. The number of hydrogen-bond acceptors (Lipinski definition) is 6. The molecule has 2 N–H and O–H groups in total. The molecule has 29 heavy (non-hydrogen) atoms. The molecule has 8 nitrogen and oxygen atoms in total. The first kappa shape index (κ1) is 21.9. The minimum atomic E-state index is -0.608. The van der Waals surface area contributed by atoms with Crippen LogP contribution in [0.3, 0.4) is 0 Å². The van der Waals surface area contributed by atoms with Gasteiger partial charge in [0.15, 0.2) is 6.61 Å². The van der Waals surface area contributed by atoms with Crippen molar-refractivity contribution in [2.75, 3.05) is 37.1 Å². The van der Waals surface area contributed by atoms with E-state index in [9.17, 15) is 14.4 Å². The van der Waals surface area contributed by atoms with Crippen molar-refractivity contribution < 1.29 is 28.6 Å². The van der Waals surface area contributed by atoms with Crippen molar-refractivity contribution >= 4 is 29.2 Å². The first-order valence-corrected chi connectivity index (χ1v) is 9.19. The van der Waals surface area contributed by atoms with E-state index in [1.807, 2.05) is 6.92 Å². The Bertz CT molecular complexity index is 818. The highest BCUT2D eigenvalue weighted by Crippen LogP contribution is 2.17. The molecule has 0 radical (unpaired) electrons. The minimum absolute atomic E-state index is 0.193. The number of amides is 2. The average molecular weight is 400 g/mol. The summed E-state index contributed by atoms with van der Waals surface area (Å²) in [5.74, 6) is -0.643. The monoisotopic (exact) mass is 400 g/mol. The van der Waals surface area contributed by atoms with E-state index in [2.05, 4.69) is 10.6 Å². The Morgan fingerprint density at radius 2 is 1.41 bits per heavy atom. The van der Waals surface area contributed by atoms with Crippen molar-refractivity contribution in [2.24, 2.45) is 0 Å². The highest BCUT2D eigenvalue weighted by molar-refractivity contribution is 6.04. The van der Waals surface area contributed by atoms with Gasteiger partial charge in [-0.25, -0.2) is 4.79 Å². The molecule has 0 fully saturated rings. The summed E-state index contributed by atoms with van der Waals surface area (Å²) < 4.78 is 15.0. The second kappa shape index (κ2) is 11.5. The lowest BCUT2D eigenvalue weighted by atomic mass is 10.2. The van der Waals surface area contributed by atoms with Gasteiger partial charge in [0.1, 0.15) is 12.4 Å². The third-order valence-electron chi connectivity index (χ3n) is 3.64. The molecule has 0 spiro atoms. The van der Waals surface area contributed by atoms with Gasteiger partial charge in [-0.15, -0.1) is 0 Å². The Hall–Kier alpha value is -3.39. The predicted octanol–water partition coefficient (Wildman–Crippen LogP) is 2.86. The third kappa shape index (κ3) is 7.63. The Kier molecular flexibility index (Phi) is 8.65. The summed E-state index contributed by atoms with van der Waals surface area (Å²) >= 11 is 0. The van der Waals surface area contributed by atoms with Crippen LogP contribution in [0.25, 0.3) is 0 Å². The number of carbonyl (C=O) groups excluding carboxylic acids is 3. The summed E-state index contributed by atoms with van der Waals surface area (Å²) in [5, 5.41) is 5.37. The normalized spacial score (nSPS) is 10.1. The van der Waals surface area contributed by atoms with E-state index in [1.165, 1.54) is 0 Å². The molecule has 2 aromatic rings. The van der Waals surface area contributed by atoms with Crippen LogP contribution >= 0.6 is 0 Å². The molecule has 0 aliphatic carbocycles. The van der Waals surface area contributed by atoms with Gasteiger partial charge in [0.25, 0.3) is 11.8 Å². The van der Waals surface area contributed by atoms with Crippen LogP contribution in [0.15, 0.2) is 48.5 Å². The number of rotatable bonds is 10. The van der Waals surface area contributed by atoms with Crippen molar-refractivity contribution in [1.29, 1.82) is 0 Å². The molecule has 0 saturated carbocycles. The molecule has 154 valence electrons. The highest BCUT2D eigenvalue weighted by Gasteiger charge is 2.10. The molecule has 2 rings (SSSR count). The van der Waals surface area contributed by atoms with E-state index in [0.717, 1.165) is 5.75 Å². The zero-order valence-electron chi connectivity index (χ0n) is 16.4. The van der Waals surface area contributed by atoms with Crippen LogP contribution in [-0.2, 0) is 19.1 Å². The molecule has 0 aliphatic heterocycles. The number of esters is 1. The first-order chi connectivity index (χ1) is 14.0. The van der Waals surface area contributed by atoms with Crippen LogP contribution in [0.5, 0.6) is 5.75 Å². The Morgan fingerprint density at radius 3 is 2.03 bits per heavy atom. The average Bonchev–Trinajstić information content (AvgIpc) is 2.73. The van der Waals surface area contributed by atoms with E-state index in [1.54, 1.807) is 55.5 Å². The molecule has 0 aromatic heterocycles. The van der Waals surface area contributed by atoms with Crippen molar-refractivity contribution in [2.45, 2.75) is 13.8 Å². The van der Waals surface area contributed by atoms with Crippen molar-refractivity contribution in [3.8, 4) is 5.75 Å². The lowest BCUT2D eigenvalue weighted by molar-refractivity contribution is -0.151. The molecule has 0 atom stereocenters. The van der Waals surface area contributed by atoms with Gasteiger partial charge in [-0.1, -0.05) is 0 Å². The summed E-state index contributed by atoms with van der Waals surface area (Å²) in [4.78, 5) is 35.4. The summed E-state index contributed by atoms with van der Waals surface area (Å²) in [7, 11) is 0. The number of anilines is 2. The van der Waals surface area contributed by atoms with Gasteiger partial charge >= 0.3 is 5.97 Å². The lowest BCUT2D eigenvalue weighted by Crippen LogP contribution is -2.23. The Balaban J connectivity index is 1.83. The van der Waals surface area contributed by atoms with Gasteiger partial charge in [0, 0.05) is 23.5 Å². The predicted molar refractivity (Wildman–Crippen MR) is 108 cm³/mol. The topological polar surface area (TPSA) is 103 Å². The summed E-state index contributed by atoms with van der Waals surface area (Å²) in [6, 6.07) is 13.4. The van der Waals surface area contributed by atoms with Crippen LogP contribution in [0.1, 0.15) is 24.2 Å². The number of nitrogens with one attached hydrogen (secondary N) is 2. The lowest BCUT2D eigenvalue weighted by Gasteiger charge is -2.09. The largest absolute Gasteiger partial charge is 0.494 e. The summed E-state index contributed by atoms with van der Waals surface area (Å²) in [6.07, 6.45) is 0. The maximum absolute atomic E-state index is 12.3. The quantitative estimate of drug-likeness (QED) is 0.595. The van der Waals surface area contributed by atoms with Gasteiger partial charge in [-0.2, -0.15) is 0 Å². The fourth-order valence-electron chi connectivity index (χ4n) is 2.28. The molecular weight excluding hydrogens is 376 g/mol. The molecule has 0 bridgehead atoms. The number of ether oxygens (including phenoxy) is 3. The molecular formula is C21H24N2O6. The zero-order valence-corrected chi connectivity index (χ0v) is 16.4. The van der Waals surface area contributed by atoms with Crippen molar-refractivity contribution in [1.82, 2.24) is 0 Å². The minimum Gasteiger partial charge on any atom is -0.494 e. The maximum Gasteiger partial charge on any atom is 0.332 e. The molecule has 0 unspecified atom stereocenters. The van der Waals surface area contributed by atoms with Crippen LogP contribution in [0.2, 0.25) is 0 Å². The van der Waals surface area contributed by atoms with Gasteiger partial charge in [0.05, 0.1) is 6.61 Å². The summed E-state index contributed by atoms with van der Waals surface area (Å²) in [6.45, 7) is 4.01. The van der Waals surface area contributed by atoms with Crippen molar-refractivity contribution in [3.05, 3.63) is 54.1 Å². The molecule has 0 heterocycles. The van der Waals surface area contributed by atoms with Crippen LogP contribution in [0, 0.1) is 0 Å². The molecule has 0 saturated heterocycles. The smallest absolute Gasteiger partial charge is 0.332 e. The van der Waals surface area contributed by atoms with Gasteiger partial charge in [-0.3, -0.25) is 9.59 Å². The van der Waals surface area contributed by atoms with Gasteiger partial charge < -0.3 is 24.8 Å². The number of carbonyl (C=O) groups is 3. The molecule has 0 aliphatic rings. The fourth-order valence-corrected chi connectivity index (χ4v) is 2.28. The van der Waals surface area contributed by atoms with Crippen molar-refractivity contribution in [3.63, 3.8) is 0 Å². The molecule has 2 amide bonds. The Labute approximate surface area is 169 Å². The van der Waals surface area contributed by atoms with Crippen LogP contribution < -0.4 is 15.4 Å². The fraction of sp³-hybridized carbons (Fsp3) is 0.286. The zero-order chi connectivity index (χ0) is 21.1. The maximum atomic E-state index is 12.3. The van der Waals surface area contributed by atoms with Crippen LogP contribution in [0.4, 0.5) is 11.4 Å². The molecule has 2 aromatic carbocycles. The second-order valence-electron chi connectivity index (χ2n) is 5.83. The number of benzene rings is 2. The van der Waals surface area contributed by atoms with E-state index in [4.69, 9.17) is 14.2 Å². The van der Waals surface area contributed by atoms with E-state index < -0.39 is 18.5 Å². The molecule has 8 heteroatoms. The second-order valence-corrected chi connectivity index (χ2v) is 5.83. The Morgan fingerprint density at radius 1 is 0.793 bits per heavy atom. The van der Waals surface area contributed by atoms with E-state index in [-0.39, 0.29) is 12.5 Å². The third-order valence-corrected chi connectivity index (χ3v) is 3.64. The standard InChI is InChI=1S/C21H24N2O6/c1-3-27-14-20(25)29-13-19(24)22-16-7-5-15(6-8-16)21(26)23-17-9-11-18(12-10-17)28-4-2/h5-12H,3-4,13-14H2,1-2H3,(H,22,24)(H,23,26). The van der Waals surface area contributed by atoms with E-state index in [0.29, 0.717) is 30.2 Å². The SMILES string of the molecule is CCOCC(=O)OCC(=O)Nc1ccc(C(=O)Nc2ccc(OCC)cc2)cc1.